The molecule has 0 aliphatic rings. The Morgan fingerprint density at radius 1 is 0.889 bits per heavy atom. The quantitative estimate of drug-likeness (QED) is 0.776. The molecule has 0 saturated carbocycles. The van der Waals surface area contributed by atoms with Crippen LogP contribution < -0.4 is 9.47 Å². The van der Waals surface area contributed by atoms with Crippen molar-refractivity contribution in [3.05, 3.63) is 60.7 Å². The van der Waals surface area contributed by atoms with Gasteiger partial charge in [-0.2, -0.15) is 0 Å². The molecule has 0 aliphatic carbocycles. The van der Waals surface area contributed by atoms with E-state index in [-0.39, 0.29) is 6.61 Å². The number of aldehydes is 1. The first-order valence-electron chi connectivity index (χ1n) is 5.57. The number of hydrogen-bond acceptors (Lipinski definition) is 3. The van der Waals surface area contributed by atoms with Crippen LogP contribution in [-0.2, 0) is 4.79 Å². The third-order valence-corrected chi connectivity index (χ3v) is 2.04. The predicted molar refractivity (Wildman–Crippen MR) is 71.0 cm³/mol. The van der Waals surface area contributed by atoms with E-state index in [4.69, 9.17) is 9.47 Å². The predicted octanol–water partition coefficient (Wildman–Crippen LogP) is 2.96. The minimum Gasteiger partial charge on any atom is -0.497 e. The van der Waals surface area contributed by atoms with E-state index in [0.29, 0.717) is 0 Å². The molecule has 0 unspecified atom stereocenters. The summed E-state index contributed by atoms with van der Waals surface area (Å²) in [6.45, 7) is 0.129. The lowest BCUT2D eigenvalue weighted by molar-refractivity contribution is -0.109. The van der Waals surface area contributed by atoms with E-state index >= 15 is 0 Å². The van der Waals surface area contributed by atoms with E-state index in [1.807, 2.05) is 60.7 Å². The molecule has 94 valence electrons. The topological polar surface area (TPSA) is 35.5 Å². The molecule has 18 heavy (non-hydrogen) atoms. The highest BCUT2D eigenvalue weighted by atomic mass is 16.5. The van der Waals surface area contributed by atoms with Crippen molar-refractivity contribution in [2.75, 3.05) is 13.7 Å². The number of rotatable bonds is 4. The van der Waals surface area contributed by atoms with Crippen molar-refractivity contribution in [1.29, 1.82) is 0 Å². The SMILES string of the molecule is COc1ccccc1.O=CCOc1ccccc1. The lowest BCUT2D eigenvalue weighted by atomic mass is 10.3. The van der Waals surface area contributed by atoms with Crippen LogP contribution in [0.1, 0.15) is 0 Å². The van der Waals surface area contributed by atoms with Gasteiger partial charge in [0.1, 0.15) is 18.1 Å². The summed E-state index contributed by atoms with van der Waals surface area (Å²) in [5, 5.41) is 0. The zero-order chi connectivity index (χ0) is 13.1. The van der Waals surface area contributed by atoms with E-state index in [0.717, 1.165) is 17.8 Å². The van der Waals surface area contributed by atoms with E-state index in [1.165, 1.54) is 0 Å². The van der Waals surface area contributed by atoms with Crippen molar-refractivity contribution in [3.63, 3.8) is 0 Å². The highest BCUT2D eigenvalue weighted by molar-refractivity contribution is 5.51. The molecule has 0 amide bonds. The molecule has 0 saturated heterocycles. The van der Waals surface area contributed by atoms with Crippen LogP contribution in [0, 0.1) is 0 Å². The van der Waals surface area contributed by atoms with Crippen molar-refractivity contribution in [1.82, 2.24) is 0 Å². The Morgan fingerprint density at radius 2 is 1.39 bits per heavy atom. The van der Waals surface area contributed by atoms with Gasteiger partial charge in [-0.3, -0.25) is 4.79 Å². The second kappa shape index (κ2) is 8.82. The number of benzene rings is 2. The molecule has 0 bridgehead atoms. The minimum atomic E-state index is 0.129. The normalized spacial score (nSPS) is 8.72. The highest BCUT2D eigenvalue weighted by Gasteiger charge is 1.86. The zero-order valence-corrected chi connectivity index (χ0v) is 10.3. The smallest absolute Gasteiger partial charge is 0.157 e. The van der Waals surface area contributed by atoms with Crippen LogP contribution in [0.5, 0.6) is 11.5 Å². The molecule has 0 N–H and O–H groups in total. The Bertz CT molecular complexity index is 426. The molecule has 2 aromatic rings. The second-order valence-corrected chi connectivity index (χ2v) is 3.31. The van der Waals surface area contributed by atoms with E-state index < -0.39 is 0 Å². The van der Waals surface area contributed by atoms with Crippen LogP contribution in [-0.4, -0.2) is 20.0 Å². The maximum absolute atomic E-state index is 9.85. The first-order chi connectivity index (χ1) is 8.86. The van der Waals surface area contributed by atoms with Crippen molar-refractivity contribution in [2.24, 2.45) is 0 Å². The monoisotopic (exact) mass is 244 g/mol. The fourth-order valence-electron chi connectivity index (χ4n) is 1.20. The largest absolute Gasteiger partial charge is 0.497 e. The lowest BCUT2D eigenvalue weighted by Gasteiger charge is -1.98. The van der Waals surface area contributed by atoms with Crippen LogP contribution >= 0.6 is 0 Å². The first kappa shape index (κ1) is 13.8. The summed E-state index contributed by atoms with van der Waals surface area (Å²) in [4.78, 5) is 9.85. The van der Waals surface area contributed by atoms with Gasteiger partial charge in [-0.25, -0.2) is 0 Å². The Kier molecular flexibility index (Phi) is 6.75. The van der Waals surface area contributed by atoms with Crippen molar-refractivity contribution in [3.8, 4) is 11.5 Å². The first-order valence-corrected chi connectivity index (χ1v) is 5.57. The number of ether oxygens (including phenoxy) is 2. The Labute approximate surface area is 107 Å². The third kappa shape index (κ3) is 5.70. The number of carbonyl (C=O) groups excluding carboxylic acids is 1. The summed E-state index contributed by atoms with van der Waals surface area (Å²) in [6.07, 6.45) is 0.729. The molecule has 0 heterocycles. The maximum atomic E-state index is 9.85. The summed E-state index contributed by atoms with van der Waals surface area (Å²) in [5.41, 5.74) is 0. The number of hydrogen-bond donors (Lipinski definition) is 0. The molecule has 3 nitrogen and oxygen atoms in total. The Morgan fingerprint density at radius 3 is 1.78 bits per heavy atom. The molecular formula is C15H16O3. The van der Waals surface area contributed by atoms with Gasteiger partial charge in [0.2, 0.25) is 0 Å². The van der Waals surface area contributed by atoms with Gasteiger partial charge in [0, 0.05) is 0 Å². The number of carbonyl (C=O) groups is 1. The van der Waals surface area contributed by atoms with Crippen LogP contribution in [0.2, 0.25) is 0 Å². The van der Waals surface area contributed by atoms with Gasteiger partial charge < -0.3 is 9.47 Å². The third-order valence-electron chi connectivity index (χ3n) is 2.04. The molecule has 0 atom stereocenters. The van der Waals surface area contributed by atoms with Gasteiger partial charge in [-0.15, -0.1) is 0 Å². The number of methoxy groups -OCH3 is 1. The van der Waals surface area contributed by atoms with E-state index in [2.05, 4.69) is 0 Å². The summed E-state index contributed by atoms with van der Waals surface area (Å²) in [5.74, 6) is 1.64. The average Bonchev–Trinajstić information content (AvgIpc) is 2.48. The Balaban J connectivity index is 0.000000184. The number of para-hydroxylation sites is 2. The minimum absolute atomic E-state index is 0.129. The van der Waals surface area contributed by atoms with Crippen LogP contribution in [0.15, 0.2) is 60.7 Å². The molecule has 0 fully saturated rings. The van der Waals surface area contributed by atoms with Gasteiger partial charge in [0.15, 0.2) is 6.29 Å². The van der Waals surface area contributed by atoms with Gasteiger partial charge >= 0.3 is 0 Å². The standard InChI is InChI=1S/C8H8O2.C7H8O/c9-6-7-10-8-4-2-1-3-5-8;1-8-7-5-3-2-4-6-7/h1-6H,7H2;2-6H,1H3. The van der Waals surface area contributed by atoms with Crippen LogP contribution in [0.4, 0.5) is 0 Å². The van der Waals surface area contributed by atoms with Gasteiger partial charge in [0.05, 0.1) is 7.11 Å². The fraction of sp³-hybridized carbons (Fsp3) is 0.133. The van der Waals surface area contributed by atoms with Crippen molar-refractivity contribution < 1.29 is 14.3 Å². The molecule has 0 aromatic heterocycles. The van der Waals surface area contributed by atoms with E-state index in [9.17, 15) is 4.79 Å². The Hall–Kier alpha value is -2.29. The van der Waals surface area contributed by atoms with Crippen LogP contribution in [0.25, 0.3) is 0 Å². The highest BCUT2D eigenvalue weighted by Crippen LogP contribution is 2.07. The summed E-state index contributed by atoms with van der Waals surface area (Å²) < 4.78 is 9.90. The molecule has 0 radical (unpaired) electrons. The van der Waals surface area contributed by atoms with E-state index in [1.54, 1.807) is 7.11 Å². The zero-order valence-electron chi connectivity index (χ0n) is 10.3. The molecule has 2 rings (SSSR count). The van der Waals surface area contributed by atoms with Crippen LogP contribution in [0.3, 0.4) is 0 Å². The molecule has 0 aliphatic heterocycles. The average molecular weight is 244 g/mol. The summed E-state index contributed by atoms with van der Waals surface area (Å²) in [6, 6.07) is 18.9. The molecule has 2 aromatic carbocycles. The summed E-state index contributed by atoms with van der Waals surface area (Å²) in [7, 11) is 1.66. The van der Waals surface area contributed by atoms with Crippen molar-refractivity contribution >= 4 is 6.29 Å². The second-order valence-electron chi connectivity index (χ2n) is 3.31. The van der Waals surface area contributed by atoms with Gasteiger partial charge in [-0.1, -0.05) is 36.4 Å². The fourth-order valence-corrected chi connectivity index (χ4v) is 1.20. The molecule has 0 spiro atoms. The summed E-state index contributed by atoms with van der Waals surface area (Å²) >= 11 is 0. The molecular weight excluding hydrogens is 228 g/mol. The lowest BCUT2D eigenvalue weighted by Crippen LogP contribution is -1.96. The van der Waals surface area contributed by atoms with Gasteiger partial charge in [-0.05, 0) is 24.3 Å². The maximum Gasteiger partial charge on any atom is 0.157 e. The van der Waals surface area contributed by atoms with Gasteiger partial charge in [0.25, 0.3) is 0 Å². The molecule has 3 heteroatoms. The van der Waals surface area contributed by atoms with Crippen molar-refractivity contribution in [2.45, 2.75) is 0 Å².